The van der Waals surface area contributed by atoms with E-state index in [0.717, 1.165) is 37.1 Å². The molecule has 0 aliphatic carbocycles. The van der Waals surface area contributed by atoms with Crippen molar-refractivity contribution in [2.75, 3.05) is 13.6 Å². The Morgan fingerprint density at radius 1 is 1.19 bits per heavy atom. The molecule has 21 heavy (non-hydrogen) atoms. The average molecular weight is 333 g/mol. The van der Waals surface area contributed by atoms with Crippen molar-refractivity contribution in [1.29, 1.82) is 0 Å². The summed E-state index contributed by atoms with van der Waals surface area (Å²) in [7, 11) is -1.47. The van der Waals surface area contributed by atoms with Gasteiger partial charge in [-0.05, 0) is 51.4 Å². The van der Waals surface area contributed by atoms with Crippen LogP contribution in [0.4, 0.5) is 0 Å². The van der Waals surface area contributed by atoms with Crippen molar-refractivity contribution in [3.8, 4) is 0 Å². The summed E-state index contributed by atoms with van der Waals surface area (Å²) in [6.45, 7) is 7.17. The smallest absolute Gasteiger partial charge is 0.250 e. The molecule has 0 aliphatic rings. The predicted molar refractivity (Wildman–Crippen MR) is 90.4 cm³/mol. The number of hydrogen-bond acceptors (Lipinski definition) is 4. The molecule has 1 atom stereocenters. The van der Waals surface area contributed by atoms with E-state index in [9.17, 15) is 8.42 Å². The molecule has 2 N–H and O–H groups in total. The van der Waals surface area contributed by atoms with Gasteiger partial charge < -0.3 is 5.32 Å². The van der Waals surface area contributed by atoms with E-state index in [1.807, 2.05) is 20.0 Å². The van der Waals surface area contributed by atoms with E-state index in [2.05, 4.69) is 23.9 Å². The molecule has 0 spiro atoms. The summed E-state index contributed by atoms with van der Waals surface area (Å²) in [5, 5.41) is 3.07. The van der Waals surface area contributed by atoms with Gasteiger partial charge in [0.25, 0.3) is 0 Å². The second-order valence-corrected chi connectivity index (χ2v) is 9.03. The van der Waals surface area contributed by atoms with E-state index in [0.29, 0.717) is 10.1 Å². The number of thiophene rings is 1. The monoisotopic (exact) mass is 332 g/mol. The van der Waals surface area contributed by atoms with E-state index in [1.54, 1.807) is 6.07 Å². The summed E-state index contributed by atoms with van der Waals surface area (Å²) in [5.41, 5.74) is 0. The third-order valence-electron chi connectivity index (χ3n) is 3.30. The number of nitrogens with one attached hydrogen (secondary N) is 2. The van der Waals surface area contributed by atoms with Crippen LogP contribution in [-0.4, -0.2) is 28.1 Å². The summed E-state index contributed by atoms with van der Waals surface area (Å²) in [6, 6.07) is 3.59. The lowest BCUT2D eigenvalue weighted by molar-refractivity contribution is 0.489. The predicted octanol–water partition coefficient (Wildman–Crippen LogP) is 3.00. The van der Waals surface area contributed by atoms with Gasteiger partial charge in [0.1, 0.15) is 4.21 Å². The van der Waals surface area contributed by atoms with Gasteiger partial charge in [-0.25, -0.2) is 13.1 Å². The molecule has 0 aliphatic heterocycles. The lowest BCUT2D eigenvalue weighted by Crippen LogP contribution is -2.32. The molecule has 0 radical (unpaired) electrons. The van der Waals surface area contributed by atoms with Crippen LogP contribution in [0.3, 0.4) is 0 Å². The first-order chi connectivity index (χ1) is 9.85. The second-order valence-electron chi connectivity index (χ2n) is 5.92. The summed E-state index contributed by atoms with van der Waals surface area (Å²) >= 11 is 1.36. The minimum Gasteiger partial charge on any atom is -0.319 e. The molecule has 0 aromatic carbocycles. The number of hydrogen-bond donors (Lipinski definition) is 2. The SMILES string of the molecule is CNCCc1ccc(S(=O)(=O)NC(C)CCCC(C)C)s1. The molecule has 0 amide bonds. The van der Waals surface area contributed by atoms with Gasteiger partial charge in [-0.1, -0.05) is 26.7 Å². The molecule has 122 valence electrons. The molecule has 4 nitrogen and oxygen atoms in total. The maximum Gasteiger partial charge on any atom is 0.250 e. The Kier molecular flexibility index (Phi) is 7.87. The summed E-state index contributed by atoms with van der Waals surface area (Å²) in [4.78, 5) is 1.09. The Morgan fingerprint density at radius 3 is 2.52 bits per heavy atom. The lowest BCUT2D eigenvalue weighted by Gasteiger charge is -2.14. The van der Waals surface area contributed by atoms with Gasteiger partial charge >= 0.3 is 0 Å². The van der Waals surface area contributed by atoms with Gasteiger partial charge in [-0.2, -0.15) is 0 Å². The molecular formula is C15H28N2O2S2. The van der Waals surface area contributed by atoms with Crippen LogP contribution in [-0.2, 0) is 16.4 Å². The molecule has 0 fully saturated rings. The maximum atomic E-state index is 12.3. The van der Waals surface area contributed by atoms with Crippen LogP contribution in [0.25, 0.3) is 0 Å². The zero-order chi connectivity index (χ0) is 15.9. The first-order valence-corrected chi connectivity index (χ1v) is 9.90. The average Bonchev–Trinajstić information content (AvgIpc) is 2.84. The number of rotatable bonds is 10. The standard InChI is InChI=1S/C15H28N2O2S2/c1-12(2)6-5-7-13(3)17-21(18,19)15-9-8-14(20-15)10-11-16-4/h8-9,12-13,16-17H,5-7,10-11H2,1-4H3. The van der Waals surface area contributed by atoms with Crippen molar-refractivity contribution in [2.45, 2.75) is 56.7 Å². The zero-order valence-corrected chi connectivity index (χ0v) is 15.1. The van der Waals surface area contributed by atoms with Crippen LogP contribution in [0.2, 0.25) is 0 Å². The third-order valence-corrected chi connectivity index (χ3v) is 6.52. The fourth-order valence-electron chi connectivity index (χ4n) is 2.10. The molecule has 1 aromatic rings. The highest BCUT2D eigenvalue weighted by Gasteiger charge is 2.19. The highest BCUT2D eigenvalue weighted by molar-refractivity contribution is 7.91. The van der Waals surface area contributed by atoms with Gasteiger partial charge in [-0.3, -0.25) is 0 Å². The topological polar surface area (TPSA) is 58.2 Å². The van der Waals surface area contributed by atoms with Crippen molar-refractivity contribution < 1.29 is 8.42 Å². The van der Waals surface area contributed by atoms with Crippen molar-refractivity contribution >= 4 is 21.4 Å². The Labute approximate surface area is 133 Å². The van der Waals surface area contributed by atoms with Crippen molar-refractivity contribution in [3.05, 3.63) is 17.0 Å². The largest absolute Gasteiger partial charge is 0.319 e. The zero-order valence-electron chi connectivity index (χ0n) is 13.5. The van der Waals surface area contributed by atoms with Crippen LogP contribution < -0.4 is 10.0 Å². The first kappa shape index (κ1) is 18.6. The van der Waals surface area contributed by atoms with E-state index < -0.39 is 10.0 Å². The lowest BCUT2D eigenvalue weighted by atomic mass is 10.0. The fourth-order valence-corrected chi connectivity index (χ4v) is 4.75. The summed E-state index contributed by atoms with van der Waals surface area (Å²) < 4.78 is 27.8. The van der Waals surface area contributed by atoms with Crippen molar-refractivity contribution in [1.82, 2.24) is 10.0 Å². The van der Waals surface area contributed by atoms with Crippen molar-refractivity contribution in [2.24, 2.45) is 5.92 Å². The Bertz CT molecular complexity index is 509. The molecule has 1 aromatic heterocycles. The van der Waals surface area contributed by atoms with E-state index in [4.69, 9.17) is 0 Å². The minimum absolute atomic E-state index is 0.0170. The van der Waals surface area contributed by atoms with Crippen molar-refractivity contribution in [3.63, 3.8) is 0 Å². The minimum atomic E-state index is -3.37. The molecule has 0 bridgehead atoms. The van der Waals surface area contributed by atoms with E-state index >= 15 is 0 Å². The summed E-state index contributed by atoms with van der Waals surface area (Å²) in [6.07, 6.45) is 3.94. The van der Waals surface area contributed by atoms with Crippen LogP contribution in [0.5, 0.6) is 0 Å². The molecule has 0 saturated heterocycles. The number of likely N-dealkylation sites (N-methyl/N-ethyl adjacent to an activating group) is 1. The molecule has 6 heteroatoms. The highest BCUT2D eigenvalue weighted by Crippen LogP contribution is 2.22. The van der Waals surface area contributed by atoms with Gasteiger partial charge in [0.2, 0.25) is 10.0 Å². The maximum absolute atomic E-state index is 12.3. The van der Waals surface area contributed by atoms with E-state index in [-0.39, 0.29) is 6.04 Å². The Hall–Kier alpha value is -0.430. The summed E-state index contributed by atoms with van der Waals surface area (Å²) in [5.74, 6) is 0.667. The Balaban J connectivity index is 2.54. The van der Waals surface area contributed by atoms with Gasteiger partial charge in [0.15, 0.2) is 0 Å². The first-order valence-electron chi connectivity index (χ1n) is 7.60. The van der Waals surface area contributed by atoms with Gasteiger partial charge in [0.05, 0.1) is 0 Å². The third kappa shape index (κ3) is 6.91. The molecule has 0 saturated carbocycles. The molecule has 1 heterocycles. The van der Waals surface area contributed by atoms with Crippen LogP contribution >= 0.6 is 11.3 Å². The number of sulfonamides is 1. The highest BCUT2D eigenvalue weighted by atomic mass is 32.2. The van der Waals surface area contributed by atoms with Gasteiger partial charge in [0, 0.05) is 10.9 Å². The van der Waals surface area contributed by atoms with Crippen LogP contribution in [0.15, 0.2) is 16.3 Å². The Morgan fingerprint density at radius 2 is 1.90 bits per heavy atom. The van der Waals surface area contributed by atoms with Gasteiger partial charge in [-0.15, -0.1) is 11.3 Å². The normalized spacial score (nSPS) is 13.8. The quantitative estimate of drug-likeness (QED) is 0.692. The molecular weight excluding hydrogens is 304 g/mol. The molecule has 1 rings (SSSR count). The van der Waals surface area contributed by atoms with Crippen LogP contribution in [0.1, 0.15) is 44.9 Å². The van der Waals surface area contributed by atoms with Crippen LogP contribution in [0, 0.1) is 5.92 Å². The fraction of sp³-hybridized carbons (Fsp3) is 0.733. The molecule has 1 unspecified atom stereocenters. The second kappa shape index (κ2) is 8.88. The van der Waals surface area contributed by atoms with E-state index in [1.165, 1.54) is 11.3 Å².